The lowest BCUT2D eigenvalue weighted by Gasteiger charge is -2.36. The summed E-state index contributed by atoms with van der Waals surface area (Å²) >= 11 is 0. The third-order valence-corrected chi connectivity index (χ3v) is 4.55. The van der Waals surface area contributed by atoms with Gasteiger partial charge in [-0.2, -0.15) is 0 Å². The quantitative estimate of drug-likeness (QED) is 0.711. The van der Waals surface area contributed by atoms with Gasteiger partial charge in [-0.1, -0.05) is 0 Å². The van der Waals surface area contributed by atoms with E-state index in [1.54, 1.807) is 4.90 Å². The average molecular weight is 406 g/mol. The second-order valence-corrected chi connectivity index (χ2v) is 7.73. The van der Waals surface area contributed by atoms with Crippen LogP contribution < -0.4 is 15.1 Å². The van der Waals surface area contributed by atoms with E-state index in [1.165, 1.54) is 19.5 Å². The maximum Gasteiger partial charge on any atom is 0.491 e. The second kappa shape index (κ2) is 8.00. The van der Waals surface area contributed by atoms with Crippen molar-refractivity contribution >= 4 is 35.4 Å². The smallest absolute Gasteiger partial charge is 0.491 e. The van der Waals surface area contributed by atoms with Crippen LogP contribution in [0.3, 0.4) is 0 Å². The standard InChI is InChI=1S/C18H24BFN4O5/c1-18(2,3)29-17(25)24-7-5-23(6-8-24)16-13-12(28-4)9-11(19(26)27)14(20)15(13)21-10-22-16/h9-10,26-27H,5-8H2,1-4H3. The van der Waals surface area contributed by atoms with E-state index in [-0.39, 0.29) is 22.8 Å². The van der Waals surface area contributed by atoms with Gasteiger partial charge in [-0.25, -0.2) is 19.2 Å². The highest BCUT2D eigenvalue weighted by molar-refractivity contribution is 6.59. The van der Waals surface area contributed by atoms with Gasteiger partial charge in [-0.3, -0.25) is 0 Å². The number of anilines is 1. The molecular weight excluding hydrogens is 382 g/mol. The fourth-order valence-corrected chi connectivity index (χ4v) is 3.20. The predicted octanol–water partition coefficient (Wildman–Crippen LogP) is 0.514. The van der Waals surface area contributed by atoms with Crippen LogP contribution in [0.2, 0.25) is 0 Å². The lowest BCUT2D eigenvalue weighted by Crippen LogP contribution is -2.50. The maximum absolute atomic E-state index is 14.8. The van der Waals surface area contributed by atoms with Crippen molar-refractivity contribution < 1.29 is 28.7 Å². The minimum Gasteiger partial charge on any atom is -0.496 e. The molecule has 1 aliphatic heterocycles. The highest BCUT2D eigenvalue weighted by Gasteiger charge is 2.29. The first-order valence-electron chi connectivity index (χ1n) is 9.22. The Kier molecular flexibility index (Phi) is 5.81. The van der Waals surface area contributed by atoms with Crippen molar-refractivity contribution in [2.75, 3.05) is 38.2 Å². The summed E-state index contributed by atoms with van der Waals surface area (Å²) in [6.07, 6.45) is 0.837. The normalized spacial score (nSPS) is 14.9. The van der Waals surface area contributed by atoms with Gasteiger partial charge in [0.2, 0.25) is 0 Å². The molecule has 156 valence electrons. The van der Waals surface area contributed by atoms with Gasteiger partial charge in [0.1, 0.15) is 34.8 Å². The number of carbonyl (C=O) groups excluding carboxylic acids is 1. The van der Waals surface area contributed by atoms with E-state index in [0.29, 0.717) is 37.4 Å². The fourth-order valence-electron chi connectivity index (χ4n) is 3.20. The maximum atomic E-state index is 14.8. The molecule has 0 bridgehead atoms. The number of amides is 1. The molecule has 11 heteroatoms. The van der Waals surface area contributed by atoms with Crippen molar-refractivity contribution in [1.29, 1.82) is 0 Å². The van der Waals surface area contributed by atoms with Gasteiger partial charge in [0, 0.05) is 31.6 Å². The number of fused-ring (bicyclic) bond motifs is 1. The Balaban J connectivity index is 1.90. The predicted molar refractivity (Wildman–Crippen MR) is 106 cm³/mol. The minimum absolute atomic E-state index is 0.0629. The molecule has 0 saturated carbocycles. The van der Waals surface area contributed by atoms with Crippen molar-refractivity contribution in [3.63, 3.8) is 0 Å². The van der Waals surface area contributed by atoms with E-state index >= 15 is 0 Å². The summed E-state index contributed by atoms with van der Waals surface area (Å²) < 4.78 is 25.5. The van der Waals surface area contributed by atoms with Crippen molar-refractivity contribution in [3.8, 4) is 5.75 Å². The number of benzene rings is 1. The first-order valence-corrected chi connectivity index (χ1v) is 9.22. The number of piperazine rings is 1. The summed E-state index contributed by atoms with van der Waals surface area (Å²) in [6.45, 7) is 7.18. The molecule has 9 nitrogen and oxygen atoms in total. The van der Waals surface area contributed by atoms with Crippen LogP contribution in [0.5, 0.6) is 5.75 Å². The van der Waals surface area contributed by atoms with Crippen LogP contribution in [-0.2, 0) is 4.74 Å². The van der Waals surface area contributed by atoms with E-state index in [2.05, 4.69) is 9.97 Å². The molecule has 0 atom stereocenters. The third-order valence-electron chi connectivity index (χ3n) is 4.55. The zero-order valence-electron chi connectivity index (χ0n) is 16.8. The molecule has 2 aromatic rings. The topological polar surface area (TPSA) is 108 Å². The van der Waals surface area contributed by atoms with Crippen molar-refractivity contribution in [2.24, 2.45) is 0 Å². The molecule has 3 rings (SSSR count). The van der Waals surface area contributed by atoms with Crippen LogP contribution in [0, 0.1) is 5.82 Å². The second-order valence-electron chi connectivity index (χ2n) is 7.73. The number of hydrogen-bond acceptors (Lipinski definition) is 8. The number of ether oxygens (including phenoxy) is 2. The molecule has 1 amide bonds. The van der Waals surface area contributed by atoms with Crippen LogP contribution in [0.25, 0.3) is 10.9 Å². The summed E-state index contributed by atoms with van der Waals surface area (Å²) in [5.41, 5.74) is -0.961. The molecule has 1 aromatic heterocycles. The largest absolute Gasteiger partial charge is 0.496 e. The van der Waals surface area contributed by atoms with E-state index < -0.39 is 18.5 Å². The van der Waals surface area contributed by atoms with Gasteiger partial charge in [-0.15, -0.1) is 0 Å². The van der Waals surface area contributed by atoms with Crippen LogP contribution >= 0.6 is 0 Å². The zero-order chi connectivity index (χ0) is 21.3. The molecule has 2 heterocycles. The lowest BCUT2D eigenvalue weighted by atomic mass is 9.79. The summed E-state index contributed by atoms with van der Waals surface area (Å²) in [6, 6.07) is 1.23. The summed E-state index contributed by atoms with van der Waals surface area (Å²) in [4.78, 5) is 24.0. The lowest BCUT2D eigenvalue weighted by molar-refractivity contribution is 0.0240. The Bertz CT molecular complexity index is 913. The molecular formula is C18H24BFN4O5. The molecule has 29 heavy (non-hydrogen) atoms. The van der Waals surface area contributed by atoms with Crippen molar-refractivity contribution in [3.05, 3.63) is 18.2 Å². The monoisotopic (exact) mass is 406 g/mol. The van der Waals surface area contributed by atoms with E-state index in [0.717, 1.165) is 0 Å². The van der Waals surface area contributed by atoms with Gasteiger partial charge in [0.05, 0.1) is 12.5 Å². The van der Waals surface area contributed by atoms with Crippen molar-refractivity contribution in [2.45, 2.75) is 26.4 Å². The van der Waals surface area contributed by atoms with Crippen LogP contribution in [0.15, 0.2) is 12.4 Å². The Morgan fingerprint density at radius 2 is 1.86 bits per heavy atom. The number of methoxy groups -OCH3 is 1. The Morgan fingerprint density at radius 1 is 1.21 bits per heavy atom. The summed E-state index contributed by atoms with van der Waals surface area (Å²) in [7, 11) is -0.596. The zero-order valence-corrected chi connectivity index (χ0v) is 16.8. The van der Waals surface area contributed by atoms with Gasteiger partial charge in [-0.05, 0) is 26.8 Å². The van der Waals surface area contributed by atoms with Crippen LogP contribution in [0.4, 0.5) is 15.0 Å². The molecule has 1 saturated heterocycles. The molecule has 2 N–H and O–H groups in total. The van der Waals surface area contributed by atoms with Gasteiger partial charge >= 0.3 is 13.2 Å². The summed E-state index contributed by atoms with van der Waals surface area (Å²) in [5, 5.41) is 19.2. The highest BCUT2D eigenvalue weighted by Crippen LogP contribution is 2.33. The molecule has 0 aliphatic carbocycles. The number of carbonyl (C=O) groups is 1. The Hall–Kier alpha value is -2.66. The molecule has 1 fully saturated rings. The van der Waals surface area contributed by atoms with E-state index in [1.807, 2.05) is 25.7 Å². The minimum atomic E-state index is -2.00. The van der Waals surface area contributed by atoms with Crippen LogP contribution in [-0.4, -0.2) is 77.0 Å². The van der Waals surface area contributed by atoms with E-state index in [4.69, 9.17) is 9.47 Å². The first kappa shape index (κ1) is 21.1. The van der Waals surface area contributed by atoms with Gasteiger partial charge in [0.25, 0.3) is 0 Å². The molecule has 1 aromatic carbocycles. The van der Waals surface area contributed by atoms with Gasteiger partial charge in [0.15, 0.2) is 0 Å². The number of rotatable bonds is 3. The Labute approximate surface area is 168 Å². The number of hydrogen-bond donors (Lipinski definition) is 2. The van der Waals surface area contributed by atoms with Crippen LogP contribution in [0.1, 0.15) is 20.8 Å². The molecule has 1 aliphatic rings. The van der Waals surface area contributed by atoms with Crippen molar-refractivity contribution in [1.82, 2.24) is 14.9 Å². The SMILES string of the molecule is COc1cc(B(O)O)c(F)c2ncnc(N3CCN(C(=O)OC(C)(C)C)CC3)c12. The molecule has 0 spiro atoms. The summed E-state index contributed by atoms with van der Waals surface area (Å²) in [5.74, 6) is -0.157. The van der Waals surface area contributed by atoms with Gasteiger partial charge < -0.3 is 29.3 Å². The number of aromatic nitrogens is 2. The number of halogens is 1. The average Bonchev–Trinajstić information content (AvgIpc) is 2.66. The Morgan fingerprint density at radius 3 is 2.41 bits per heavy atom. The highest BCUT2D eigenvalue weighted by atomic mass is 19.1. The first-order chi connectivity index (χ1) is 13.6. The van der Waals surface area contributed by atoms with E-state index in [9.17, 15) is 19.2 Å². The molecule has 0 unspecified atom stereocenters. The molecule has 0 radical (unpaired) electrons. The third kappa shape index (κ3) is 4.35. The fraction of sp³-hybridized carbons (Fsp3) is 0.500. The number of nitrogens with zero attached hydrogens (tertiary/aromatic N) is 4.